The van der Waals surface area contributed by atoms with E-state index in [0.29, 0.717) is 5.56 Å². The number of benzene rings is 1. The van der Waals surface area contributed by atoms with Crippen molar-refractivity contribution in [3.8, 4) is 0 Å². The van der Waals surface area contributed by atoms with Crippen LogP contribution >= 0.6 is 31.9 Å². The van der Waals surface area contributed by atoms with Crippen LogP contribution in [0, 0.1) is 0 Å². The second-order valence-corrected chi connectivity index (χ2v) is 7.52. The number of alkyl halides is 2. The summed E-state index contributed by atoms with van der Waals surface area (Å²) >= 11 is 7.17. The van der Waals surface area contributed by atoms with Gasteiger partial charge in [-0.05, 0) is 19.4 Å². The summed E-state index contributed by atoms with van der Waals surface area (Å²) in [6.07, 6.45) is 0. The predicted molar refractivity (Wildman–Crippen MR) is 67.7 cm³/mol. The first kappa shape index (κ1) is 11.3. The SMILES string of the molecule is CC1(C)N=C(F)c2ccccc2C1(Br)Br. The van der Waals surface area contributed by atoms with Gasteiger partial charge in [-0.1, -0.05) is 56.1 Å². The molecule has 0 saturated carbocycles. The van der Waals surface area contributed by atoms with Crippen LogP contribution in [0.3, 0.4) is 0 Å². The van der Waals surface area contributed by atoms with Crippen molar-refractivity contribution >= 4 is 37.8 Å². The van der Waals surface area contributed by atoms with Gasteiger partial charge in [0, 0.05) is 5.56 Å². The van der Waals surface area contributed by atoms with Crippen LogP contribution in [0.1, 0.15) is 25.0 Å². The standard InChI is InChI=1S/C11H10Br2FN/c1-10(2)11(12,13)8-6-4-3-5-7(8)9(14)15-10/h3-6H,1-2H3. The van der Waals surface area contributed by atoms with Crippen molar-refractivity contribution in [1.29, 1.82) is 0 Å². The molecule has 0 atom stereocenters. The van der Waals surface area contributed by atoms with Crippen LogP contribution in [0.4, 0.5) is 4.39 Å². The molecule has 0 aromatic heterocycles. The zero-order chi connectivity index (χ0) is 11.3. The Morgan fingerprint density at radius 3 is 2.47 bits per heavy atom. The van der Waals surface area contributed by atoms with E-state index in [2.05, 4.69) is 36.9 Å². The van der Waals surface area contributed by atoms with E-state index in [9.17, 15) is 4.39 Å². The van der Waals surface area contributed by atoms with E-state index in [0.717, 1.165) is 5.56 Å². The summed E-state index contributed by atoms with van der Waals surface area (Å²) in [6.45, 7) is 3.76. The van der Waals surface area contributed by atoms with E-state index >= 15 is 0 Å². The van der Waals surface area contributed by atoms with E-state index in [4.69, 9.17) is 0 Å². The van der Waals surface area contributed by atoms with Crippen LogP contribution in [0.5, 0.6) is 0 Å². The zero-order valence-electron chi connectivity index (χ0n) is 8.39. The second-order valence-electron chi connectivity index (χ2n) is 4.08. The number of hydrogen-bond acceptors (Lipinski definition) is 1. The minimum absolute atomic E-state index is 0.398. The van der Waals surface area contributed by atoms with Crippen LogP contribution in [0.25, 0.3) is 0 Å². The first-order chi connectivity index (χ1) is 6.86. The van der Waals surface area contributed by atoms with Gasteiger partial charge in [0.15, 0.2) is 0 Å². The maximum atomic E-state index is 13.7. The lowest BCUT2D eigenvalue weighted by atomic mass is 9.89. The maximum absolute atomic E-state index is 13.7. The summed E-state index contributed by atoms with van der Waals surface area (Å²) in [6, 6.07) is 7.34. The van der Waals surface area contributed by atoms with E-state index < -0.39 is 14.7 Å². The summed E-state index contributed by atoms with van der Waals surface area (Å²) in [5.41, 5.74) is 0.860. The smallest absolute Gasteiger partial charge is 0.216 e. The van der Waals surface area contributed by atoms with Crippen molar-refractivity contribution in [1.82, 2.24) is 0 Å². The van der Waals surface area contributed by atoms with Crippen molar-refractivity contribution < 1.29 is 4.39 Å². The van der Waals surface area contributed by atoms with Gasteiger partial charge in [-0.3, -0.25) is 0 Å². The molecule has 1 aliphatic heterocycles. The highest BCUT2D eigenvalue weighted by Gasteiger charge is 2.47. The van der Waals surface area contributed by atoms with Crippen LogP contribution in [0.2, 0.25) is 0 Å². The van der Waals surface area contributed by atoms with E-state index in [1.807, 2.05) is 32.0 Å². The van der Waals surface area contributed by atoms with Crippen molar-refractivity contribution in [3.63, 3.8) is 0 Å². The zero-order valence-corrected chi connectivity index (χ0v) is 11.6. The molecule has 1 nitrogen and oxygen atoms in total. The molecule has 15 heavy (non-hydrogen) atoms. The van der Waals surface area contributed by atoms with Crippen molar-refractivity contribution in [3.05, 3.63) is 35.4 Å². The number of aliphatic imine (C=N–C) groups is 1. The molecule has 0 aliphatic carbocycles. The van der Waals surface area contributed by atoms with Crippen LogP contribution in [-0.4, -0.2) is 11.5 Å². The topological polar surface area (TPSA) is 12.4 Å². The first-order valence-electron chi connectivity index (χ1n) is 4.59. The lowest BCUT2D eigenvalue weighted by Crippen LogP contribution is -2.40. The minimum Gasteiger partial charge on any atom is -0.248 e. The van der Waals surface area contributed by atoms with Crippen LogP contribution < -0.4 is 0 Å². The quantitative estimate of drug-likeness (QED) is 0.632. The lowest BCUT2D eigenvalue weighted by Gasteiger charge is -2.39. The molecule has 4 heteroatoms. The minimum atomic E-state index is -0.564. The number of hydrogen-bond donors (Lipinski definition) is 0. The average Bonchev–Trinajstić information content (AvgIpc) is 2.15. The van der Waals surface area contributed by atoms with Crippen LogP contribution in [-0.2, 0) is 3.23 Å². The summed E-state index contributed by atoms with van der Waals surface area (Å²) in [5, 5.41) is 0. The predicted octanol–water partition coefficient (Wildman–Crippen LogP) is 4.14. The lowest BCUT2D eigenvalue weighted by molar-refractivity contribution is 0.474. The van der Waals surface area contributed by atoms with Gasteiger partial charge in [0.25, 0.3) is 0 Å². The molecule has 0 bridgehead atoms. The number of rotatable bonds is 0. The third-order valence-corrected chi connectivity index (χ3v) is 5.43. The molecule has 1 aromatic carbocycles. The van der Waals surface area contributed by atoms with E-state index in [1.165, 1.54) is 0 Å². The highest BCUT2D eigenvalue weighted by atomic mass is 79.9. The molecule has 0 N–H and O–H groups in total. The number of halogens is 3. The summed E-state index contributed by atoms with van der Waals surface area (Å²) < 4.78 is 13.2. The Morgan fingerprint density at radius 1 is 1.20 bits per heavy atom. The van der Waals surface area contributed by atoms with Crippen molar-refractivity contribution in [2.75, 3.05) is 0 Å². The average molecular weight is 335 g/mol. The maximum Gasteiger partial charge on any atom is 0.216 e. The van der Waals surface area contributed by atoms with E-state index in [-0.39, 0.29) is 0 Å². The van der Waals surface area contributed by atoms with Crippen molar-refractivity contribution in [2.24, 2.45) is 4.99 Å². The van der Waals surface area contributed by atoms with Gasteiger partial charge >= 0.3 is 0 Å². The highest BCUT2D eigenvalue weighted by molar-refractivity contribution is 9.24. The molecule has 2 rings (SSSR count). The summed E-state index contributed by atoms with van der Waals surface area (Å²) in [4.78, 5) is 4.06. The van der Waals surface area contributed by atoms with Gasteiger partial charge in [-0.15, -0.1) is 0 Å². The molecule has 0 unspecified atom stereocenters. The second kappa shape index (κ2) is 3.39. The molecule has 0 radical (unpaired) electrons. The van der Waals surface area contributed by atoms with Gasteiger partial charge in [0.1, 0.15) is 3.23 Å². The Bertz CT molecular complexity index is 438. The molecule has 0 spiro atoms. The van der Waals surface area contributed by atoms with Crippen molar-refractivity contribution in [2.45, 2.75) is 22.6 Å². The molecule has 0 saturated heterocycles. The molecular weight excluding hydrogens is 325 g/mol. The largest absolute Gasteiger partial charge is 0.248 e. The molecule has 1 aliphatic rings. The van der Waals surface area contributed by atoms with Gasteiger partial charge < -0.3 is 0 Å². The third-order valence-electron chi connectivity index (χ3n) is 2.63. The summed E-state index contributed by atoms with van der Waals surface area (Å²) in [7, 11) is 0. The Labute approximate surface area is 105 Å². The Hall–Kier alpha value is -0.220. The fourth-order valence-corrected chi connectivity index (χ4v) is 2.51. The van der Waals surface area contributed by atoms with E-state index in [1.54, 1.807) is 6.07 Å². The molecule has 0 fully saturated rings. The number of fused-ring (bicyclic) bond motifs is 1. The van der Waals surface area contributed by atoms with Crippen LogP contribution in [0.15, 0.2) is 29.3 Å². The molecule has 80 valence electrons. The number of nitrogens with zero attached hydrogens (tertiary/aromatic N) is 1. The van der Waals surface area contributed by atoms with Gasteiger partial charge in [0.05, 0.1) is 5.54 Å². The molecular formula is C11H10Br2FN. The Balaban J connectivity index is 2.73. The fraction of sp³-hybridized carbons (Fsp3) is 0.364. The Kier molecular flexibility index (Phi) is 2.54. The van der Waals surface area contributed by atoms with Gasteiger partial charge in [-0.25, -0.2) is 4.99 Å². The normalized spacial score (nSPS) is 21.8. The van der Waals surface area contributed by atoms with Gasteiger partial charge in [-0.2, -0.15) is 4.39 Å². The highest BCUT2D eigenvalue weighted by Crippen LogP contribution is 2.52. The first-order valence-corrected chi connectivity index (χ1v) is 6.18. The molecule has 1 heterocycles. The third kappa shape index (κ3) is 1.58. The van der Waals surface area contributed by atoms with Gasteiger partial charge in [0.2, 0.25) is 5.97 Å². The molecule has 0 amide bonds. The Morgan fingerprint density at radius 2 is 1.80 bits per heavy atom. The monoisotopic (exact) mass is 333 g/mol. The molecule has 1 aromatic rings. The summed E-state index contributed by atoms with van der Waals surface area (Å²) in [5.74, 6) is -0.398. The fourth-order valence-electron chi connectivity index (χ4n) is 1.64.